The highest BCUT2D eigenvalue weighted by Gasteiger charge is 2.24. The standard InChI is InChI=1S/C9H18O.C5H13N.C2H6/c1-8(2,3)6-9(4,5)7-10;1-3-4-5-6-2;1-2/h7H,6H2,1-5H3;6H,3-5H2,1-2H3;1-2H3. The van der Waals surface area contributed by atoms with Crippen molar-refractivity contribution in [2.75, 3.05) is 13.6 Å². The Bertz CT molecular complexity index is 164. The quantitative estimate of drug-likeness (QED) is 0.574. The molecular formula is C16H37NO. The van der Waals surface area contributed by atoms with Crippen LogP contribution in [0.3, 0.4) is 0 Å². The van der Waals surface area contributed by atoms with Gasteiger partial charge in [-0.3, -0.25) is 0 Å². The summed E-state index contributed by atoms with van der Waals surface area (Å²) < 4.78 is 0. The van der Waals surface area contributed by atoms with Crippen LogP contribution in [0.2, 0.25) is 0 Å². The van der Waals surface area contributed by atoms with E-state index < -0.39 is 0 Å². The number of hydrogen-bond donors (Lipinski definition) is 1. The highest BCUT2D eigenvalue weighted by atomic mass is 16.1. The molecule has 0 rings (SSSR count). The molecule has 112 valence electrons. The van der Waals surface area contributed by atoms with Crippen molar-refractivity contribution in [1.29, 1.82) is 0 Å². The molecule has 0 aromatic carbocycles. The van der Waals surface area contributed by atoms with Crippen molar-refractivity contribution in [3.63, 3.8) is 0 Å². The molecule has 0 fully saturated rings. The van der Waals surface area contributed by atoms with Crippen LogP contribution in [0.1, 0.15) is 74.7 Å². The van der Waals surface area contributed by atoms with Gasteiger partial charge in [0.25, 0.3) is 0 Å². The number of rotatable bonds is 5. The number of aldehydes is 1. The topological polar surface area (TPSA) is 29.1 Å². The van der Waals surface area contributed by atoms with Crippen molar-refractivity contribution < 1.29 is 4.79 Å². The average molecular weight is 259 g/mol. The second-order valence-electron chi connectivity index (χ2n) is 6.30. The van der Waals surface area contributed by atoms with Crippen molar-refractivity contribution in [1.82, 2.24) is 5.32 Å². The molecule has 0 aromatic heterocycles. The van der Waals surface area contributed by atoms with E-state index in [0.717, 1.165) is 19.3 Å². The maximum absolute atomic E-state index is 10.5. The first kappa shape index (κ1) is 22.8. The molecule has 2 heteroatoms. The summed E-state index contributed by atoms with van der Waals surface area (Å²) in [5.74, 6) is 0. The number of unbranched alkanes of at least 4 members (excludes halogenated alkanes) is 1. The van der Waals surface area contributed by atoms with Gasteiger partial charge in [-0.25, -0.2) is 0 Å². The second-order valence-corrected chi connectivity index (χ2v) is 6.30. The van der Waals surface area contributed by atoms with E-state index in [9.17, 15) is 4.79 Å². The summed E-state index contributed by atoms with van der Waals surface area (Å²) in [4.78, 5) is 10.5. The third-order valence-corrected chi connectivity index (χ3v) is 2.09. The van der Waals surface area contributed by atoms with E-state index in [-0.39, 0.29) is 10.8 Å². The molecule has 0 saturated heterocycles. The highest BCUT2D eigenvalue weighted by molar-refractivity contribution is 5.57. The lowest BCUT2D eigenvalue weighted by atomic mass is 9.77. The first-order chi connectivity index (χ1) is 8.18. The molecule has 0 spiro atoms. The van der Waals surface area contributed by atoms with Crippen molar-refractivity contribution >= 4 is 6.29 Å². The number of carbonyl (C=O) groups is 1. The Balaban J connectivity index is -0.000000241. The van der Waals surface area contributed by atoms with Crippen molar-refractivity contribution in [3.8, 4) is 0 Å². The summed E-state index contributed by atoms with van der Waals surface area (Å²) in [5.41, 5.74) is 0.0999. The minimum Gasteiger partial charge on any atom is -0.320 e. The van der Waals surface area contributed by atoms with Gasteiger partial charge in [0.1, 0.15) is 6.29 Å². The summed E-state index contributed by atoms with van der Waals surface area (Å²) >= 11 is 0. The zero-order chi connectivity index (χ0) is 15.2. The Morgan fingerprint density at radius 3 is 1.61 bits per heavy atom. The largest absolute Gasteiger partial charge is 0.320 e. The van der Waals surface area contributed by atoms with E-state index in [0.29, 0.717) is 0 Å². The van der Waals surface area contributed by atoms with Crippen molar-refractivity contribution in [2.24, 2.45) is 10.8 Å². The lowest BCUT2D eigenvalue weighted by Crippen LogP contribution is -2.21. The van der Waals surface area contributed by atoms with E-state index >= 15 is 0 Å². The molecule has 0 aromatic rings. The molecule has 0 atom stereocenters. The molecule has 0 aliphatic heterocycles. The molecule has 18 heavy (non-hydrogen) atoms. The molecule has 2 nitrogen and oxygen atoms in total. The van der Waals surface area contributed by atoms with Crippen LogP contribution in [-0.4, -0.2) is 19.9 Å². The van der Waals surface area contributed by atoms with E-state index in [1.807, 2.05) is 34.7 Å². The zero-order valence-corrected chi connectivity index (χ0v) is 14.3. The Morgan fingerprint density at radius 1 is 1.06 bits per heavy atom. The van der Waals surface area contributed by atoms with E-state index in [4.69, 9.17) is 0 Å². The Kier molecular flexibility index (Phi) is 16.5. The predicted octanol–water partition coefficient (Wildman–Crippen LogP) is 4.68. The maximum atomic E-state index is 10.5. The molecule has 1 N–H and O–H groups in total. The summed E-state index contributed by atoms with van der Waals surface area (Å²) in [6.07, 6.45) is 4.58. The smallest absolute Gasteiger partial charge is 0.125 e. The van der Waals surface area contributed by atoms with Crippen LogP contribution in [0.5, 0.6) is 0 Å². The SMILES string of the molecule is CC.CC(C)(C)CC(C)(C)C=O.CCCCNC. The van der Waals surface area contributed by atoms with Gasteiger partial charge in [-0.2, -0.15) is 0 Å². The van der Waals surface area contributed by atoms with Gasteiger partial charge >= 0.3 is 0 Å². The minimum absolute atomic E-state index is 0.155. The normalized spacial score (nSPS) is 10.7. The zero-order valence-electron chi connectivity index (χ0n) is 14.3. The van der Waals surface area contributed by atoms with Crippen molar-refractivity contribution in [2.45, 2.75) is 74.7 Å². The first-order valence-corrected chi connectivity index (χ1v) is 7.29. The third-order valence-electron chi connectivity index (χ3n) is 2.09. The van der Waals surface area contributed by atoms with Crippen LogP contribution in [0, 0.1) is 10.8 Å². The van der Waals surface area contributed by atoms with Gasteiger partial charge in [-0.15, -0.1) is 0 Å². The van der Waals surface area contributed by atoms with Crippen LogP contribution in [0.25, 0.3) is 0 Å². The fourth-order valence-corrected chi connectivity index (χ4v) is 1.76. The third kappa shape index (κ3) is 24.7. The van der Waals surface area contributed by atoms with Gasteiger partial charge in [0.2, 0.25) is 0 Å². The van der Waals surface area contributed by atoms with Crippen molar-refractivity contribution in [3.05, 3.63) is 0 Å². The fraction of sp³-hybridized carbons (Fsp3) is 0.938. The van der Waals surface area contributed by atoms with Crippen LogP contribution >= 0.6 is 0 Å². The van der Waals surface area contributed by atoms with Gasteiger partial charge in [0.05, 0.1) is 0 Å². The molecular weight excluding hydrogens is 222 g/mol. The highest BCUT2D eigenvalue weighted by Crippen LogP contribution is 2.30. The summed E-state index contributed by atoms with van der Waals surface area (Å²) in [6, 6.07) is 0. The van der Waals surface area contributed by atoms with E-state index in [1.54, 1.807) is 0 Å². The maximum Gasteiger partial charge on any atom is 0.125 e. The number of carbonyl (C=O) groups excluding carboxylic acids is 1. The fourth-order valence-electron chi connectivity index (χ4n) is 1.76. The van der Waals surface area contributed by atoms with Crippen LogP contribution < -0.4 is 5.32 Å². The molecule has 0 aliphatic carbocycles. The summed E-state index contributed by atoms with van der Waals surface area (Å²) in [7, 11) is 1.98. The van der Waals surface area contributed by atoms with Gasteiger partial charge in [-0.1, -0.05) is 61.8 Å². The van der Waals surface area contributed by atoms with Crippen LogP contribution in [-0.2, 0) is 4.79 Å². The molecule has 0 amide bonds. The molecule has 0 heterocycles. The van der Waals surface area contributed by atoms with Crippen LogP contribution in [0.4, 0.5) is 0 Å². The minimum atomic E-state index is -0.155. The average Bonchev–Trinajstić information content (AvgIpc) is 2.27. The van der Waals surface area contributed by atoms with E-state index in [1.165, 1.54) is 12.8 Å². The van der Waals surface area contributed by atoms with Gasteiger partial charge < -0.3 is 10.1 Å². The monoisotopic (exact) mass is 259 g/mol. The molecule has 0 radical (unpaired) electrons. The lowest BCUT2D eigenvalue weighted by Gasteiger charge is -2.27. The number of hydrogen-bond acceptors (Lipinski definition) is 2. The Morgan fingerprint density at radius 2 is 1.50 bits per heavy atom. The Labute approximate surface area is 116 Å². The molecule has 0 aliphatic rings. The summed E-state index contributed by atoms with van der Waals surface area (Å²) in [5, 5.41) is 3.07. The van der Waals surface area contributed by atoms with Gasteiger partial charge in [0.15, 0.2) is 0 Å². The van der Waals surface area contributed by atoms with Gasteiger partial charge in [0, 0.05) is 5.41 Å². The second kappa shape index (κ2) is 13.1. The lowest BCUT2D eigenvalue weighted by molar-refractivity contribution is -0.116. The Hall–Kier alpha value is -0.370. The molecule has 0 unspecified atom stereocenters. The summed E-state index contributed by atoms with van der Waals surface area (Å²) in [6.45, 7) is 17.8. The first-order valence-electron chi connectivity index (χ1n) is 7.29. The predicted molar refractivity (Wildman–Crippen MR) is 84.1 cm³/mol. The molecule has 0 bridgehead atoms. The van der Waals surface area contributed by atoms with E-state index in [2.05, 4.69) is 33.0 Å². The number of nitrogens with one attached hydrogen (secondary N) is 1. The molecule has 0 saturated carbocycles. The van der Waals surface area contributed by atoms with Gasteiger partial charge in [-0.05, 0) is 31.8 Å². The van der Waals surface area contributed by atoms with Crippen LogP contribution in [0.15, 0.2) is 0 Å².